The maximum Gasteiger partial charge on any atom is 0.261 e. The zero-order valence-electron chi connectivity index (χ0n) is 10.4. The van der Waals surface area contributed by atoms with E-state index in [1.165, 1.54) is 10.9 Å². The van der Waals surface area contributed by atoms with E-state index in [-0.39, 0.29) is 10.2 Å². The molecule has 0 aliphatic carbocycles. The van der Waals surface area contributed by atoms with Crippen LogP contribution >= 0.6 is 11.6 Å². The molecular formula is C11H13ClN4O2S. The fourth-order valence-electron chi connectivity index (χ4n) is 1.58. The molecule has 2 aromatic rings. The monoisotopic (exact) mass is 300 g/mol. The minimum Gasteiger partial charge on any atom is -0.324 e. The maximum atomic E-state index is 12.2. The average Bonchev–Trinajstić information content (AvgIpc) is 2.71. The quantitative estimate of drug-likeness (QED) is 0.928. The molecule has 2 heterocycles. The van der Waals surface area contributed by atoms with E-state index in [4.69, 9.17) is 11.6 Å². The fraction of sp³-hybridized carbons (Fsp3) is 0.273. The first-order valence-electron chi connectivity index (χ1n) is 5.51. The highest BCUT2D eigenvalue weighted by atomic mass is 35.5. The summed E-state index contributed by atoms with van der Waals surface area (Å²) in [6, 6.07) is 3.09. The van der Waals surface area contributed by atoms with Crippen LogP contribution in [0.5, 0.6) is 0 Å². The number of aryl methyl sites for hydroxylation is 1. The number of imidazole rings is 1. The van der Waals surface area contributed by atoms with Crippen molar-refractivity contribution in [2.24, 2.45) is 7.05 Å². The van der Waals surface area contributed by atoms with E-state index in [9.17, 15) is 8.42 Å². The predicted molar refractivity (Wildman–Crippen MR) is 71.2 cm³/mol. The first-order valence-corrected chi connectivity index (χ1v) is 7.37. The van der Waals surface area contributed by atoms with Gasteiger partial charge in [-0.3, -0.25) is 4.98 Å². The van der Waals surface area contributed by atoms with Crippen LogP contribution < -0.4 is 4.72 Å². The van der Waals surface area contributed by atoms with Gasteiger partial charge in [0.15, 0.2) is 0 Å². The Labute approximate surface area is 116 Å². The van der Waals surface area contributed by atoms with Crippen LogP contribution in [0.2, 0.25) is 5.15 Å². The van der Waals surface area contributed by atoms with Gasteiger partial charge in [-0.2, -0.15) is 0 Å². The Morgan fingerprint density at radius 2 is 2.00 bits per heavy atom. The van der Waals surface area contributed by atoms with Gasteiger partial charge < -0.3 is 4.57 Å². The summed E-state index contributed by atoms with van der Waals surface area (Å²) >= 11 is 5.89. The van der Waals surface area contributed by atoms with Gasteiger partial charge in [-0.1, -0.05) is 11.6 Å². The van der Waals surface area contributed by atoms with Crippen molar-refractivity contribution in [3.63, 3.8) is 0 Å². The van der Waals surface area contributed by atoms with Gasteiger partial charge in [0.05, 0.1) is 6.33 Å². The molecule has 0 saturated heterocycles. The van der Waals surface area contributed by atoms with Crippen LogP contribution in [-0.4, -0.2) is 23.0 Å². The maximum absolute atomic E-state index is 12.2. The number of pyridine rings is 1. The Bertz CT molecular complexity index is 669. The molecule has 0 saturated carbocycles. The number of hydrogen-bond acceptors (Lipinski definition) is 4. The first-order chi connectivity index (χ1) is 8.92. The van der Waals surface area contributed by atoms with Crippen molar-refractivity contribution >= 4 is 21.6 Å². The summed E-state index contributed by atoms with van der Waals surface area (Å²) in [5, 5.41) is -0.0907. The number of rotatable bonds is 4. The number of aromatic nitrogens is 3. The summed E-state index contributed by atoms with van der Waals surface area (Å²) < 4.78 is 28.3. The number of halogens is 1. The summed E-state index contributed by atoms with van der Waals surface area (Å²) in [6.07, 6.45) is 4.57. The third-order valence-corrected chi connectivity index (χ3v) is 4.66. The van der Waals surface area contributed by atoms with Gasteiger partial charge >= 0.3 is 0 Å². The van der Waals surface area contributed by atoms with Gasteiger partial charge in [0.2, 0.25) is 5.03 Å². The fourth-order valence-corrected chi connectivity index (χ4v) is 3.24. The topological polar surface area (TPSA) is 76.9 Å². The molecule has 102 valence electrons. The Balaban J connectivity index is 2.25. The number of hydrogen-bond donors (Lipinski definition) is 1. The number of nitrogens with one attached hydrogen (secondary N) is 1. The van der Waals surface area contributed by atoms with E-state index in [2.05, 4.69) is 14.7 Å². The molecule has 0 spiro atoms. The molecule has 0 aromatic carbocycles. The molecule has 2 aromatic heterocycles. The molecule has 1 atom stereocenters. The molecule has 0 unspecified atom stereocenters. The molecule has 6 nitrogen and oxygen atoms in total. The lowest BCUT2D eigenvalue weighted by Crippen LogP contribution is -2.27. The molecular weight excluding hydrogens is 288 g/mol. The third-order valence-electron chi connectivity index (χ3n) is 2.63. The smallest absolute Gasteiger partial charge is 0.261 e. The van der Waals surface area contributed by atoms with Crippen molar-refractivity contribution in [2.45, 2.75) is 18.0 Å². The van der Waals surface area contributed by atoms with E-state index in [1.807, 2.05) is 0 Å². The minimum atomic E-state index is -3.75. The summed E-state index contributed by atoms with van der Waals surface area (Å²) in [5.74, 6) is 0. The second-order valence-corrected chi connectivity index (χ2v) is 6.06. The van der Waals surface area contributed by atoms with E-state index in [0.29, 0.717) is 0 Å². The molecule has 0 aliphatic heterocycles. The van der Waals surface area contributed by atoms with Crippen LogP contribution in [0.1, 0.15) is 18.5 Å². The summed E-state index contributed by atoms with van der Waals surface area (Å²) in [4.78, 5) is 7.69. The molecule has 0 amide bonds. The number of nitrogens with zero attached hydrogens (tertiary/aromatic N) is 3. The molecule has 0 bridgehead atoms. The summed E-state index contributed by atoms with van der Waals surface area (Å²) in [7, 11) is -2.13. The first kappa shape index (κ1) is 14.0. The van der Waals surface area contributed by atoms with Crippen LogP contribution in [0.4, 0.5) is 0 Å². The van der Waals surface area contributed by atoms with E-state index in [1.54, 1.807) is 38.5 Å². The standard InChI is InChI=1S/C11H13ClN4O2S/c1-8(9-3-5-13-6-4-9)15-19(17,18)11-10(12)16(2)7-14-11/h3-8,15H,1-2H3/t8-/m1/s1. The summed E-state index contributed by atoms with van der Waals surface area (Å²) in [5.41, 5.74) is 0.811. The van der Waals surface area contributed by atoms with Crippen LogP contribution in [0.25, 0.3) is 0 Å². The lowest BCUT2D eigenvalue weighted by Gasteiger charge is -2.13. The largest absolute Gasteiger partial charge is 0.324 e. The normalized spacial score (nSPS) is 13.4. The second kappa shape index (κ2) is 5.28. The minimum absolute atomic E-state index is 0.0782. The van der Waals surface area contributed by atoms with Gasteiger partial charge in [-0.25, -0.2) is 18.1 Å². The van der Waals surface area contributed by atoms with Crippen molar-refractivity contribution in [1.29, 1.82) is 0 Å². The molecule has 0 fully saturated rings. The van der Waals surface area contributed by atoms with Crippen molar-refractivity contribution in [3.8, 4) is 0 Å². The van der Waals surface area contributed by atoms with E-state index >= 15 is 0 Å². The van der Waals surface area contributed by atoms with Gasteiger partial charge in [0.1, 0.15) is 5.15 Å². The highest BCUT2D eigenvalue weighted by Crippen LogP contribution is 2.21. The predicted octanol–water partition coefficient (Wildman–Crippen LogP) is 1.51. The Morgan fingerprint density at radius 1 is 1.37 bits per heavy atom. The van der Waals surface area contributed by atoms with Gasteiger partial charge in [0, 0.05) is 25.5 Å². The molecule has 0 aliphatic rings. The van der Waals surface area contributed by atoms with Crippen LogP contribution in [0.3, 0.4) is 0 Å². The number of sulfonamides is 1. The van der Waals surface area contributed by atoms with Gasteiger partial charge in [-0.15, -0.1) is 0 Å². The average molecular weight is 301 g/mol. The zero-order chi connectivity index (χ0) is 14.0. The van der Waals surface area contributed by atoms with Crippen molar-refractivity contribution in [2.75, 3.05) is 0 Å². The lowest BCUT2D eigenvalue weighted by molar-refractivity contribution is 0.563. The van der Waals surface area contributed by atoms with Crippen LogP contribution in [-0.2, 0) is 17.1 Å². The van der Waals surface area contributed by atoms with Crippen molar-refractivity contribution in [1.82, 2.24) is 19.3 Å². The third kappa shape index (κ3) is 2.94. The van der Waals surface area contributed by atoms with Gasteiger partial charge in [0.25, 0.3) is 10.0 Å². The van der Waals surface area contributed by atoms with E-state index in [0.717, 1.165) is 5.56 Å². The van der Waals surface area contributed by atoms with Crippen LogP contribution in [0, 0.1) is 0 Å². The Hall–Kier alpha value is -1.44. The van der Waals surface area contributed by atoms with Gasteiger partial charge in [-0.05, 0) is 24.6 Å². The highest BCUT2D eigenvalue weighted by molar-refractivity contribution is 7.89. The van der Waals surface area contributed by atoms with Crippen molar-refractivity contribution in [3.05, 3.63) is 41.6 Å². The SMILES string of the molecule is C[C@@H](NS(=O)(=O)c1ncn(C)c1Cl)c1ccncc1. The van der Waals surface area contributed by atoms with Crippen molar-refractivity contribution < 1.29 is 8.42 Å². The Morgan fingerprint density at radius 3 is 2.53 bits per heavy atom. The van der Waals surface area contributed by atoms with E-state index < -0.39 is 16.1 Å². The van der Waals surface area contributed by atoms with Crippen LogP contribution in [0.15, 0.2) is 35.9 Å². The summed E-state index contributed by atoms with van der Waals surface area (Å²) in [6.45, 7) is 1.74. The molecule has 0 radical (unpaired) electrons. The zero-order valence-corrected chi connectivity index (χ0v) is 12.0. The molecule has 2 rings (SSSR count). The lowest BCUT2D eigenvalue weighted by atomic mass is 10.1. The Kier molecular flexibility index (Phi) is 3.88. The molecule has 19 heavy (non-hydrogen) atoms. The highest BCUT2D eigenvalue weighted by Gasteiger charge is 2.24. The molecule has 8 heteroatoms. The second-order valence-electron chi connectivity index (χ2n) is 4.07. The molecule has 1 N–H and O–H groups in total.